The zero-order chi connectivity index (χ0) is 25.4. The number of ether oxygens (including phenoxy) is 1. The highest BCUT2D eigenvalue weighted by molar-refractivity contribution is 7.88. The lowest BCUT2D eigenvalue weighted by Gasteiger charge is -2.17. The van der Waals surface area contributed by atoms with Crippen molar-refractivity contribution < 1.29 is 27.9 Å². The highest BCUT2D eigenvalue weighted by atomic mass is 32.2. The molecule has 1 amide bonds. The molecule has 0 aliphatic carbocycles. The van der Waals surface area contributed by atoms with Crippen LogP contribution in [0, 0.1) is 0 Å². The molecule has 35 heavy (non-hydrogen) atoms. The third-order valence-electron chi connectivity index (χ3n) is 5.20. The van der Waals surface area contributed by atoms with Gasteiger partial charge in [0.2, 0.25) is 15.9 Å². The summed E-state index contributed by atoms with van der Waals surface area (Å²) in [5.41, 5.74) is 2.93. The molecule has 0 bridgehead atoms. The standard InChI is InChI=1S/C26H28N2O6S/c1-28(18-20-6-4-3-5-7-20)25(29)15-19-8-11-23(12-9-19)34-24-13-10-21(16-26(30)31)14-22(24)17-27-35(2,32)33/h3-14,27H,15-18H2,1-2H3,(H,30,31). The van der Waals surface area contributed by atoms with Crippen molar-refractivity contribution >= 4 is 21.9 Å². The van der Waals surface area contributed by atoms with Gasteiger partial charge in [0.05, 0.1) is 19.1 Å². The van der Waals surface area contributed by atoms with Crippen LogP contribution in [0.1, 0.15) is 22.3 Å². The predicted molar refractivity (Wildman–Crippen MR) is 133 cm³/mol. The van der Waals surface area contributed by atoms with Crippen molar-refractivity contribution in [2.75, 3.05) is 13.3 Å². The molecule has 0 saturated heterocycles. The molecular formula is C26H28N2O6S. The average molecular weight is 497 g/mol. The number of sulfonamides is 1. The number of carbonyl (C=O) groups excluding carboxylic acids is 1. The molecule has 9 heteroatoms. The highest BCUT2D eigenvalue weighted by Gasteiger charge is 2.13. The minimum atomic E-state index is -3.45. The third-order valence-corrected chi connectivity index (χ3v) is 5.87. The van der Waals surface area contributed by atoms with E-state index in [1.165, 1.54) is 0 Å². The van der Waals surface area contributed by atoms with Crippen molar-refractivity contribution in [1.29, 1.82) is 0 Å². The number of aliphatic carboxylic acids is 1. The Morgan fingerprint density at radius 1 is 0.914 bits per heavy atom. The third kappa shape index (κ3) is 8.55. The Labute approximate surface area is 205 Å². The minimum Gasteiger partial charge on any atom is -0.481 e. The number of hydrogen-bond donors (Lipinski definition) is 2. The minimum absolute atomic E-state index is 0.00863. The van der Waals surface area contributed by atoms with E-state index in [2.05, 4.69) is 4.72 Å². The Hall–Kier alpha value is -3.69. The van der Waals surface area contributed by atoms with Crippen LogP contribution in [0.5, 0.6) is 11.5 Å². The van der Waals surface area contributed by atoms with Crippen LogP contribution in [0.2, 0.25) is 0 Å². The number of carboxylic acid groups (broad SMARTS) is 1. The molecule has 3 aromatic carbocycles. The van der Waals surface area contributed by atoms with E-state index in [9.17, 15) is 18.0 Å². The SMILES string of the molecule is CN(Cc1ccccc1)C(=O)Cc1ccc(Oc2ccc(CC(=O)O)cc2CNS(C)(=O)=O)cc1. The molecule has 0 heterocycles. The first kappa shape index (κ1) is 25.9. The maximum atomic E-state index is 12.6. The second-order valence-electron chi connectivity index (χ2n) is 8.26. The van der Waals surface area contributed by atoms with Gasteiger partial charge in [0.1, 0.15) is 11.5 Å². The van der Waals surface area contributed by atoms with E-state index < -0.39 is 16.0 Å². The molecule has 0 spiro atoms. The number of likely N-dealkylation sites (N-methyl/N-ethyl adjacent to an activating group) is 1. The molecule has 0 aromatic heterocycles. The van der Waals surface area contributed by atoms with E-state index in [-0.39, 0.29) is 25.3 Å². The molecule has 3 aromatic rings. The van der Waals surface area contributed by atoms with Gasteiger partial charge in [0.15, 0.2) is 0 Å². The van der Waals surface area contributed by atoms with Crippen LogP contribution < -0.4 is 9.46 Å². The molecular weight excluding hydrogens is 468 g/mol. The van der Waals surface area contributed by atoms with Crippen molar-refractivity contribution in [2.45, 2.75) is 25.9 Å². The summed E-state index contributed by atoms with van der Waals surface area (Å²) in [4.78, 5) is 25.3. The fourth-order valence-electron chi connectivity index (χ4n) is 3.42. The van der Waals surface area contributed by atoms with E-state index in [0.717, 1.165) is 17.4 Å². The average Bonchev–Trinajstić information content (AvgIpc) is 2.80. The van der Waals surface area contributed by atoms with Crippen LogP contribution in [0.25, 0.3) is 0 Å². The molecule has 0 aliphatic rings. The molecule has 3 rings (SSSR count). The number of hydrogen-bond acceptors (Lipinski definition) is 5. The molecule has 0 aliphatic heterocycles. The number of carbonyl (C=O) groups is 2. The van der Waals surface area contributed by atoms with Gasteiger partial charge in [0, 0.05) is 25.7 Å². The number of nitrogens with one attached hydrogen (secondary N) is 1. The highest BCUT2D eigenvalue weighted by Crippen LogP contribution is 2.27. The van der Waals surface area contributed by atoms with Gasteiger partial charge in [-0.1, -0.05) is 54.6 Å². The summed E-state index contributed by atoms with van der Waals surface area (Å²) in [5, 5.41) is 9.05. The predicted octanol–water partition coefficient (Wildman–Crippen LogP) is 3.36. The lowest BCUT2D eigenvalue weighted by molar-refractivity contribution is -0.136. The van der Waals surface area contributed by atoms with Crippen molar-refractivity contribution in [2.24, 2.45) is 0 Å². The summed E-state index contributed by atoms with van der Waals surface area (Å²) in [6, 6.07) is 21.7. The first-order valence-corrected chi connectivity index (χ1v) is 12.8. The molecule has 8 nitrogen and oxygen atoms in total. The molecule has 0 fully saturated rings. The Kier molecular flexibility index (Phi) is 8.62. The smallest absolute Gasteiger partial charge is 0.307 e. The quantitative estimate of drug-likeness (QED) is 0.421. The van der Waals surface area contributed by atoms with Gasteiger partial charge >= 0.3 is 5.97 Å². The fraction of sp³-hybridized carbons (Fsp3) is 0.231. The Morgan fingerprint density at radius 2 is 1.57 bits per heavy atom. The number of nitrogens with zero attached hydrogens (tertiary/aromatic N) is 1. The maximum absolute atomic E-state index is 12.6. The first-order chi connectivity index (χ1) is 16.6. The fourth-order valence-corrected chi connectivity index (χ4v) is 3.84. The molecule has 184 valence electrons. The van der Waals surface area contributed by atoms with Crippen LogP contribution in [0.15, 0.2) is 72.8 Å². The maximum Gasteiger partial charge on any atom is 0.307 e. The van der Waals surface area contributed by atoms with Gasteiger partial charge < -0.3 is 14.7 Å². The zero-order valence-corrected chi connectivity index (χ0v) is 20.4. The van der Waals surface area contributed by atoms with Crippen molar-refractivity contribution in [3.05, 3.63) is 95.1 Å². The summed E-state index contributed by atoms with van der Waals surface area (Å²) < 4.78 is 31.4. The van der Waals surface area contributed by atoms with Crippen molar-refractivity contribution in [3.8, 4) is 11.5 Å². The lowest BCUT2D eigenvalue weighted by atomic mass is 10.1. The molecule has 0 saturated carbocycles. The van der Waals surface area contributed by atoms with E-state index in [1.54, 1.807) is 54.4 Å². The Bertz CT molecular complexity index is 1270. The van der Waals surface area contributed by atoms with Gasteiger partial charge in [0.25, 0.3) is 0 Å². The summed E-state index contributed by atoms with van der Waals surface area (Å²) in [5.74, 6) is -0.0851. The molecule has 0 unspecified atom stereocenters. The van der Waals surface area contributed by atoms with Gasteiger partial charge in [-0.3, -0.25) is 9.59 Å². The van der Waals surface area contributed by atoms with Crippen molar-refractivity contribution in [3.63, 3.8) is 0 Å². The summed E-state index contributed by atoms with van der Waals surface area (Å²) >= 11 is 0. The summed E-state index contributed by atoms with van der Waals surface area (Å²) in [6.45, 7) is 0.491. The van der Waals surface area contributed by atoms with Crippen molar-refractivity contribution in [1.82, 2.24) is 9.62 Å². The normalized spacial score (nSPS) is 11.1. The molecule has 0 radical (unpaired) electrons. The number of amides is 1. The monoisotopic (exact) mass is 496 g/mol. The van der Waals surface area contributed by atoms with Crippen LogP contribution >= 0.6 is 0 Å². The van der Waals surface area contributed by atoms with E-state index >= 15 is 0 Å². The van der Waals surface area contributed by atoms with Gasteiger partial charge in [-0.05, 0) is 34.9 Å². The van der Waals surface area contributed by atoms with Crippen LogP contribution in [0.3, 0.4) is 0 Å². The van der Waals surface area contributed by atoms with Gasteiger partial charge in [-0.2, -0.15) is 0 Å². The largest absolute Gasteiger partial charge is 0.481 e. The van der Waals surface area contributed by atoms with Gasteiger partial charge in [-0.25, -0.2) is 13.1 Å². The number of benzene rings is 3. The lowest BCUT2D eigenvalue weighted by Crippen LogP contribution is -2.27. The number of carboxylic acids is 1. The summed E-state index contributed by atoms with van der Waals surface area (Å²) in [6.07, 6.45) is 1.11. The van der Waals surface area contributed by atoms with Crippen LogP contribution in [0.4, 0.5) is 0 Å². The Morgan fingerprint density at radius 3 is 2.20 bits per heavy atom. The van der Waals surface area contributed by atoms with E-state index in [1.807, 2.05) is 30.3 Å². The van der Waals surface area contributed by atoms with E-state index in [4.69, 9.17) is 9.84 Å². The second-order valence-corrected chi connectivity index (χ2v) is 10.1. The molecule has 2 N–H and O–H groups in total. The Balaban J connectivity index is 1.67. The summed E-state index contributed by atoms with van der Waals surface area (Å²) in [7, 11) is -1.68. The zero-order valence-electron chi connectivity index (χ0n) is 19.6. The topological polar surface area (TPSA) is 113 Å². The molecule has 0 atom stereocenters. The second kappa shape index (κ2) is 11.6. The van der Waals surface area contributed by atoms with Gasteiger partial charge in [-0.15, -0.1) is 0 Å². The first-order valence-electron chi connectivity index (χ1n) is 10.9. The van der Waals surface area contributed by atoms with Crippen LogP contribution in [-0.4, -0.2) is 43.6 Å². The number of rotatable bonds is 11. The van der Waals surface area contributed by atoms with E-state index in [0.29, 0.717) is 29.2 Å². The van der Waals surface area contributed by atoms with Crippen LogP contribution in [-0.2, 0) is 45.5 Å².